The average Bonchev–Trinajstić information content (AvgIpc) is 2.98. The molecule has 4 aromatic rings. The molecular weight excluding hydrogens is 542 g/mol. The fraction of sp³-hybridized carbons (Fsp3) is 0.312. The van der Waals surface area contributed by atoms with Crippen LogP contribution in [0.25, 0.3) is 22.1 Å². The molecule has 1 aliphatic rings. The number of nitrogens with one attached hydrogen (secondary N) is 1. The molecule has 0 radical (unpaired) electrons. The molecule has 10 nitrogen and oxygen atoms in total. The Bertz CT molecular complexity index is 1660. The van der Waals surface area contributed by atoms with Gasteiger partial charge in [0, 0.05) is 29.2 Å². The van der Waals surface area contributed by atoms with E-state index < -0.39 is 41.7 Å². The SMILES string of the molecule is COc1ccc(C(=O)Nc2cc3ccc(O[C@@H]4OC(C)(C)[C@H](OC)[C@@H](O)[C@@H]4O)c(C)c3oc2=O)cc1-c1ccccc1. The minimum atomic E-state index is -1.39. The van der Waals surface area contributed by atoms with Crippen LogP contribution in [0.15, 0.2) is 75.9 Å². The number of aryl methyl sites for hydroxylation is 1. The number of hydrogen-bond donors (Lipinski definition) is 3. The summed E-state index contributed by atoms with van der Waals surface area (Å²) >= 11 is 0. The molecule has 0 saturated carbocycles. The Balaban J connectivity index is 1.40. The fourth-order valence-electron chi connectivity index (χ4n) is 5.24. The summed E-state index contributed by atoms with van der Waals surface area (Å²) in [5.74, 6) is 0.411. The number of fused-ring (bicyclic) bond motifs is 1. The predicted octanol–water partition coefficient (Wildman–Crippen LogP) is 4.28. The number of amides is 1. The first-order valence-electron chi connectivity index (χ1n) is 13.4. The van der Waals surface area contributed by atoms with Crippen LogP contribution in [-0.2, 0) is 9.47 Å². The van der Waals surface area contributed by atoms with Crippen LogP contribution in [-0.4, -0.2) is 60.5 Å². The summed E-state index contributed by atoms with van der Waals surface area (Å²) in [5.41, 5.74) is 0.939. The summed E-state index contributed by atoms with van der Waals surface area (Å²) in [6.45, 7) is 5.14. The number of carbonyl (C=O) groups excluding carboxylic acids is 1. The lowest BCUT2D eigenvalue weighted by atomic mass is 9.89. The minimum absolute atomic E-state index is 0.0286. The second-order valence-electron chi connectivity index (χ2n) is 10.6. The van der Waals surface area contributed by atoms with Crippen molar-refractivity contribution in [3.8, 4) is 22.6 Å². The van der Waals surface area contributed by atoms with Gasteiger partial charge in [0.25, 0.3) is 5.91 Å². The Hall–Kier alpha value is -4.22. The van der Waals surface area contributed by atoms with Crippen LogP contribution < -0.4 is 20.4 Å². The molecule has 2 heterocycles. The Morgan fingerprint density at radius 1 is 0.952 bits per heavy atom. The number of aliphatic hydroxyl groups is 2. The third kappa shape index (κ3) is 5.49. The van der Waals surface area contributed by atoms with E-state index in [1.807, 2.05) is 30.3 Å². The van der Waals surface area contributed by atoms with Gasteiger partial charge in [-0.2, -0.15) is 0 Å². The van der Waals surface area contributed by atoms with Crippen LogP contribution in [0.5, 0.6) is 11.5 Å². The molecule has 0 unspecified atom stereocenters. The second kappa shape index (κ2) is 11.6. The lowest BCUT2D eigenvalue weighted by Gasteiger charge is -2.46. The maximum atomic E-state index is 13.2. The van der Waals surface area contributed by atoms with Crippen LogP contribution in [0.1, 0.15) is 29.8 Å². The third-order valence-electron chi connectivity index (χ3n) is 7.44. The summed E-state index contributed by atoms with van der Waals surface area (Å²) in [7, 11) is 2.99. The second-order valence-corrected chi connectivity index (χ2v) is 10.6. The van der Waals surface area contributed by atoms with E-state index in [0.717, 1.165) is 11.1 Å². The molecule has 42 heavy (non-hydrogen) atoms. The standard InChI is InChI=1S/C32H33NO9/c1-17-23(40-31-26(35)25(34)28(39-5)32(2,3)42-31)13-11-19-16-22(30(37)41-27(17)19)33-29(36)20-12-14-24(38-4)21(15-20)18-9-7-6-8-10-18/h6-16,25-26,28,31,34-35H,1-5H3,(H,33,36)/t25-,26-,28+,31+/m0/s1. The lowest BCUT2D eigenvalue weighted by molar-refractivity contribution is -0.306. The van der Waals surface area contributed by atoms with Crippen molar-refractivity contribution < 1.29 is 38.4 Å². The Labute approximate surface area is 242 Å². The van der Waals surface area contributed by atoms with Gasteiger partial charge in [-0.05, 0) is 62.7 Å². The molecule has 0 spiro atoms. The van der Waals surface area contributed by atoms with E-state index in [1.165, 1.54) is 13.2 Å². The first kappa shape index (κ1) is 29.3. The number of ether oxygens (including phenoxy) is 4. The molecule has 1 amide bonds. The molecule has 3 aromatic carbocycles. The number of carbonyl (C=O) groups is 1. The Morgan fingerprint density at radius 2 is 1.67 bits per heavy atom. The van der Waals surface area contributed by atoms with E-state index in [9.17, 15) is 19.8 Å². The Morgan fingerprint density at radius 3 is 2.36 bits per heavy atom. The zero-order chi connectivity index (χ0) is 30.2. The van der Waals surface area contributed by atoms with E-state index in [-0.39, 0.29) is 17.0 Å². The highest BCUT2D eigenvalue weighted by Gasteiger charge is 2.50. The van der Waals surface area contributed by atoms with Gasteiger partial charge in [-0.25, -0.2) is 4.79 Å². The highest BCUT2D eigenvalue weighted by atomic mass is 16.7. The number of rotatable bonds is 7. The van der Waals surface area contributed by atoms with Crippen molar-refractivity contribution in [3.63, 3.8) is 0 Å². The summed E-state index contributed by atoms with van der Waals surface area (Å²) in [4.78, 5) is 26.1. The first-order valence-corrected chi connectivity index (χ1v) is 13.4. The van der Waals surface area contributed by atoms with Gasteiger partial charge in [-0.3, -0.25) is 4.79 Å². The maximum absolute atomic E-state index is 13.2. The predicted molar refractivity (Wildman–Crippen MR) is 156 cm³/mol. The highest BCUT2D eigenvalue weighted by molar-refractivity contribution is 6.05. The largest absolute Gasteiger partial charge is 0.496 e. The molecule has 1 aliphatic heterocycles. The van der Waals surface area contributed by atoms with Gasteiger partial charge in [0.15, 0.2) is 0 Å². The van der Waals surface area contributed by atoms with Crippen molar-refractivity contribution in [2.75, 3.05) is 19.5 Å². The van der Waals surface area contributed by atoms with Gasteiger partial charge < -0.3 is 38.9 Å². The van der Waals surface area contributed by atoms with Crippen LogP contribution in [0.3, 0.4) is 0 Å². The summed E-state index contributed by atoms with van der Waals surface area (Å²) in [6, 6.07) is 19.4. The maximum Gasteiger partial charge on any atom is 0.360 e. The first-order chi connectivity index (χ1) is 20.0. The smallest absolute Gasteiger partial charge is 0.360 e. The molecule has 0 aliphatic carbocycles. The van der Waals surface area contributed by atoms with Gasteiger partial charge in [-0.1, -0.05) is 30.3 Å². The summed E-state index contributed by atoms with van der Waals surface area (Å²) < 4.78 is 28.2. The molecule has 1 aromatic heterocycles. The van der Waals surface area contributed by atoms with Crippen molar-refractivity contribution in [1.82, 2.24) is 0 Å². The molecule has 1 fully saturated rings. The molecule has 3 N–H and O–H groups in total. The Kier molecular flexibility index (Phi) is 8.07. The molecular formula is C32H33NO9. The molecule has 10 heteroatoms. The van der Waals surface area contributed by atoms with Crippen LogP contribution in [0.4, 0.5) is 5.69 Å². The van der Waals surface area contributed by atoms with Gasteiger partial charge >= 0.3 is 5.63 Å². The van der Waals surface area contributed by atoms with Gasteiger partial charge in [0.1, 0.15) is 41.1 Å². The van der Waals surface area contributed by atoms with E-state index in [2.05, 4.69) is 5.32 Å². The molecule has 1 saturated heterocycles. The topological polar surface area (TPSA) is 137 Å². The van der Waals surface area contributed by atoms with Gasteiger partial charge in [-0.15, -0.1) is 0 Å². The van der Waals surface area contributed by atoms with Gasteiger partial charge in [0.05, 0.1) is 12.7 Å². The van der Waals surface area contributed by atoms with Gasteiger partial charge in [0.2, 0.25) is 6.29 Å². The van der Waals surface area contributed by atoms with Crippen molar-refractivity contribution in [3.05, 3.63) is 88.3 Å². The number of benzene rings is 3. The molecule has 220 valence electrons. The number of hydrogen-bond acceptors (Lipinski definition) is 9. The average molecular weight is 576 g/mol. The van der Waals surface area contributed by atoms with Crippen molar-refractivity contribution in [2.45, 2.75) is 51.0 Å². The van der Waals surface area contributed by atoms with Crippen LogP contribution in [0, 0.1) is 6.92 Å². The summed E-state index contributed by atoms with van der Waals surface area (Å²) in [5, 5.41) is 24.3. The molecule has 4 atom stereocenters. The quantitative estimate of drug-likeness (QED) is 0.276. The van der Waals surface area contributed by atoms with E-state index in [0.29, 0.717) is 22.3 Å². The van der Waals surface area contributed by atoms with Crippen molar-refractivity contribution in [2.24, 2.45) is 0 Å². The van der Waals surface area contributed by atoms with Crippen LogP contribution >= 0.6 is 0 Å². The minimum Gasteiger partial charge on any atom is -0.496 e. The van der Waals surface area contributed by atoms with Crippen molar-refractivity contribution in [1.29, 1.82) is 0 Å². The van der Waals surface area contributed by atoms with Crippen LogP contribution in [0.2, 0.25) is 0 Å². The monoisotopic (exact) mass is 575 g/mol. The number of anilines is 1. The van der Waals surface area contributed by atoms with E-state index in [4.69, 9.17) is 23.4 Å². The normalized spacial score (nSPS) is 21.6. The van der Waals surface area contributed by atoms with E-state index >= 15 is 0 Å². The molecule has 5 rings (SSSR count). The molecule has 0 bridgehead atoms. The third-order valence-corrected chi connectivity index (χ3v) is 7.44. The van der Waals surface area contributed by atoms with Crippen molar-refractivity contribution >= 4 is 22.6 Å². The number of aliphatic hydroxyl groups excluding tert-OH is 2. The summed E-state index contributed by atoms with van der Waals surface area (Å²) in [6.07, 6.45) is -4.60. The fourth-order valence-corrected chi connectivity index (χ4v) is 5.24. The van der Waals surface area contributed by atoms with E-state index in [1.54, 1.807) is 58.2 Å². The zero-order valence-electron chi connectivity index (χ0n) is 23.9. The highest BCUT2D eigenvalue weighted by Crippen LogP contribution is 2.35. The number of methoxy groups -OCH3 is 2. The zero-order valence-corrected chi connectivity index (χ0v) is 23.9. The lowest BCUT2D eigenvalue weighted by Crippen LogP contribution is -2.63.